The quantitative estimate of drug-likeness (QED) is 0.0965. The maximum atomic E-state index is 15.1. The second kappa shape index (κ2) is 15.4. The highest BCUT2D eigenvalue weighted by molar-refractivity contribution is 7.85. The van der Waals surface area contributed by atoms with Crippen molar-refractivity contribution in [3.05, 3.63) is 107 Å². The SMILES string of the molecule is Cc1c(C(=O)N(c2ccc(O[Si](C)(C)C(C)(C)C)cc2)c2cnn(C)c2)cc(-c2cc3c(cc2C(=O)N2Cc4ccccc4C[C@H]2C)OCO3)n1CCOS(C)(=O)=O. The first-order valence-corrected chi connectivity index (χ1v) is 24.0. The zero-order chi connectivity index (χ0) is 41.7. The topological polar surface area (TPSA) is 134 Å². The highest BCUT2D eigenvalue weighted by Crippen LogP contribution is 2.42. The number of hydrogen-bond acceptors (Lipinski definition) is 9. The Hall–Kier alpha value is -5.38. The molecular weight excluding hydrogens is 775 g/mol. The lowest BCUT2D eigenvalue weighted by Crippen LogP contribution is -2.43. The number of anilines is 2. The predicted octanol–water partition coefficient (Wildman–Crippen LogP) is 7.85. The third kappa shape index (κ3) is 8.15. The third-order valence-corrected chi connectivity index (χ3v) is 16.4. The molecular formula is C43H51N5O8SSi. The monoisotopic (exact) mass is 825 g/mol. The fourth-order valence-electron chi connectivity index (χ4n) is 7.23. The van der Waals surface area contributed by atoms with Gasteiger partial charge in [-0.25, -0.2) is 0 Å². The molecule has 4 heterocycles. The fourth-order valence-corrected chi connectivity index (χ4v) is 8.64. The molecule has 1 atom stereocenters. The molecule has 0 spiro atoms. The Morgan fingerprint density at radius 1 is 0.966 bits per heavy atom. The Labute approximate surface area is 341 Å². The zero-order valence-electron chi connectivity index (χ0n) is 34.5. The summed E-state index contributed by atoms with van der Waals surface area (Å²) in [6.45, 7) is 15.0. The summed E-state index contributed by atoms with van der Waals surface area (Å²) >= 11 is 0. The van der Waals surface area contributed by atoms with Crippen molar-refractivity contribution in [1.82, 2.24) is 19.2 Å². The summed E-state index contributed by atoms with van der Waals surface area (Å²) in [5.41, 5.74) is 5.66. The minimum absolute atomic E-state index is 0.00195. The van der Waals surface area contributed by atoms with Crippen LogP contribution < -0.4 is 18.8 Å². The van der Waals surface area contributed by atoms with Gasteiger partial charge in [-0.05, 0) is 92.0 Å². The zero-order valence-corrected chi connectivity index (χ0v) is 36.3. The molecule has 7 rings (SSSR count). The predicted molar refractivity (Wildman–Crippen MR) is 225 cm³/mol. The molecule has 13 nitrogen and oxygen atoms in total. The fraction of sp³-hybridized carbons (Fsp3) is 0.372. The maximum Gasteiger partial charge on any atom is 0.264 e. The average Bonchev–Trinajstić information content (AvgIpc) is 3.88. The molecule has 2 aliphatic rings. The van der Waals surface area contributed by atoms with Gasteiger partial charge in [-0.1, -0.05) is 45.0 Å². The van der Waals surface area contributed by atoms with Crippen LogP contribution in [-0.4, -0.2) is 73.5 Å². The van der Waals surface area contributed by atoms with Crippen LogP contribution in [0.15, 0.2) is 79.1 Å². The van der Waals surface area contributed by atoms with E-state index < -0.39 is 18.4 Å². The molecule has 0 bridgehead atoms. The Bertz CT molecular complexity index is 2490. The van der Waals surface area contributed by atoms with Gasteiger partial charge in [0.15, 0.2) is 11.5 Å². The van der Waals surface area contributed by atoms with Gasteiger partial charge in [0.05, 0.1) is 41.6 Å². The Balaban J connectivity index is 1.34. The van der Waals surface area contributed by atoms with Crippen molar-refractivity contribution in [2.24, 2.45) is 7.05 Å². The van der Waals surface area contributed by atoms with Crippen LogP contribution in [0, 0.1) is 6.92 Å². The van der Waals surface area contributed by atoms with Crippen LogP contribution in [0.1, 0.15) is 65.2 Å². The molecule has 2 aliphatic heterocycles. The van der Waals surface area contributed by atoms with Gasteiger partial charge in [0.2, 0.25) is 15.1 Å². The minimum Gasteiger partial charge on any atom is -0.544 e. The van der Waals surface area contributed by atoms with Crippen molar-refractivity contribution in [2.75, 3.05) is 24.6 Å². The average molecular weight is 826 g/mol. The number of fused-ring (bicyclic) bond motifs is 2. The first kappa shape index (κ1) is 40.8. The van der Waals surface area contributed by atoms with E-state index in [1.54, 1.807) is 54.1 Å². The molecule has 306 valence electrons. The third-order valence-electron chi connectivity index (χ3n) is 11.4. The minimum atomic E-state index is -3.78. The van der Waals surface area contributed by atoms with Gasteiger partial charge in [-0.15, -0.1) is 0 Å². The summed E-state index contributed by atoms with van der Waals surface area (Å²) in [6.07, 6.45) is 5.08. The van der Waals surface area contributed by atoms with Crippen molar-refractivity contribution in [3.63, 3.8) is 0 Å². The number of nitrogens with zero attached hydrogens (tertiary/aromatic N) is 5. The smallest absolute Gasteiger partial charge is 0.264 e. The van der Waals surface area contributed by atoms with Gasteiger partial charge in [0.25, 0.3) is 21.9 Å². The molecule has 2 aromatic heterocycles. The van der Waals surface area contributed by atoms with Crippen LogP contribution in [0.4, 0.5) is 11.4 Å². The summed E-state index contributed by atoms with van der Waals surface area (Å²) in [6, 6.07) is 20.7. The summed E-state index contributed by atoms with van der Waals surface area (Å²) in [5.74, 6) is 1.04. The van der Waals surface area contributed by atoms with Crippen LogP contribution in [0.25, 0.3) is 11.3 Å². The molecule has 0 radical (unpaired) electrons. The van der Waals surface area contributed by atoms with E-state index in [0.717, 1.165) is 17.6 Å². The van der Waals surface area contributed by atoms with Gasteiger partial charge in [-0.3, -0.25) is 23.4 Å². The highest BCUT2D eigenvalue weighted by Gasteiger charge is 2.39. The maximum absolute atomic E-state index is 15.1. The van der Waals surface area contributed by atoms with Crippen LogP contribution in [0.2, 0.25) is 18.1 Å². The van der Waals surface area contributed by atoms with Crippen LogP contribution >= 0.6 is 0 Å². The molecule has 0 saturated carbocycles. The van der Waals surface area contributed by atoms with E-state index in [0.29, 0.717) is 63.9 Å². The number of rotatable bonds is 11. The standard InChI is InChI=1S/C43H51N5O8SSi/c1-28-20-30-12-10-11-13-31(30)25-47(28)41(49)37-23-40-39(53-27-54-40)22-36(37)38-21-35(29(2)46(38)18-19-55-57(7,51)52)42(50)48(33-24-44-45(6)26-33)32-14-16-34(17-15-32)56-58(8,9)43(3,4)5/h10-17,21-24,26,28H,18-20,25,27H2,1-9H3/t28-/m1/s1. The number of ether oxygens (including phenoxy) is 2. The van der Waals surface area contributed by atoms with Gasteiger partial charge in [0.1, 0.15) is 5.75 Å². The molecule has 58 heavy (non-hydrogen) atoms. The molecule has 5 aromatic rings. The number of aromatic nitrogens is 3. The summed E-state index contributed by atoms with van der Waals surface area (Å²) < 4.78 is 51.0. The lowest BCUT2D eigenvalue weighted by Gasteiger charge is -2.36. The van der Waals surface area contributed by atoms with Crippen LogP contribution in [-0.2, 0) is 40.9 Å². The van der Waals surface area contributed by atoms with Gasteiger partial charge < -0.3 is 23.4 Å². The second-order valence-electron chi connectivity index (χ2n) is 16.6. The lowest BCUT2D eigenvalue weighted by molar-refractivity contribution is 0.0658. The molecule has 0 aliphatic carbocycles. The Kier molecular flexibility index (Phi) is 10.8. The number of carbonyl (C=O) groups is 2. The van der Waals surface area contributed by atoms with Crippen molar-refractivity contribution in [1.29, 1.82) is 0 Å². The molecule has 0 unspecified atom stereocenters. The first-order chi connectivity index (χ1) is 27.3. The van der Waals surface area contributed by atoms with Gasteiger partial charge >= 0.3 is 0 Å². The van der Waals surface area contributed by atoms with E-state index in [2.05, 4.69) is 45.0 Å². The van der Waals surface area contributed by atoms with E-state index >= 15 is 4.79 Å². The van der Waals surface area contributed by atoms with E-state index in [-0.39, 0.29) is 42.8 Å². The number of aryl methyl sites for hydroxylation is 1. The highest BCUT2D eigenvalue weighted by atomic mass is 32.2. The molecule has 0 N–H and O–H groups in total. The normalized spacial score (nSPS) is 15.3. The van der Waals surface area contributed by atoms with Crippen molar-refractivity contribution in [2.45, 2.75) is 78.3 Å². The molecule has 2 amide bonds. The number of amides is 2. The van der Waals surface area contributed by atoms with E-state index in [1.807, 2.05) is 58.9 Å². The molecule has 0 saturated heterocycles. The van der Waals surface area contributed by atoms with Crippen molar-refractivity contribution < 1.29 is 36.1 Å². The van der Waals surface area contributed by atoms with Gasteiger partial charge in [-0.2, -0.15) is 13.5 Å². The Morgan fingerprint density at radius 3 is 2.28 bits per heavy atom. The largest absolute Gasteiger partial charge is 0.544 e. The van der Waals surface area contributed by atoms with E-state index in [4.69, 9.17) is 18.1 Å². The molecule has 3 aromatic carbocycles. The summed E-state index contributed by atoms with van der Waals surface area (Å²) in [4.78, 5) is 33.3. The second-order valence-corrected chi connectivity index (χ2v) is 23.0. The summed E-state index contributed by atoms with van der Waals surface area (Å²) in [7, 11) is -4.13. The van der Waals surface area contributed by atoms with E-state index in [1.165, 1.54) is 5.56 Å². The summed E-state index contributed by atoms with van der Waals surface area (Å²) in [5, 5.41) is 4.37. The molecule has 15 heteroatoms. The first-order valence-electron chi connectivity index (χ1n) is 19.3. The number of benzene rings is 3. The van der Waals surface area contributed by atoms with E-state index in [9.17, 15) is 13.2 Å². The molecule has 0 fully saturated rings. The number of carbonyl (C=O) groups excluding carboxylic acids is 2. The lowest BCUT2D eigenvalue weighted by atomic mass is 9.93. The van der Waals surface area contributed by atoms with Crippen molar-refractivity contribution in [3.8, 4) is 28.5 Å². The van der Waals surface area contributed by atoms with Crippen LogP contribution in [0.3, 0.4) is 0 Å². The van der Waals surface area contributed by atoms with Gasteiger partial charge in [0, 0.05) is 49.3 Å². The Morgan fingerprint density at radius 2 is 1.64 bits per heavy atom. The van der Waals surface area contributed by atoms with Crippen LogP contribution in [0.5, 0.6) is 17.2 Å². The van der Waals surface area contributed by atoms with Crippen molar-refractivity contribution >= 4 is 41.6 Å². The number of hydrogen-bond donors (Lipinski definition) is 0.